The van der Waals surface area contributed by atoms with E-state index in [1.165, 1.54) is 0 Å². The molecule has 1 saturated carbocycles. The summed E-state index contributed by atoms with van der Waals surface area (Å²) in [6, 6.07) is 10.2. The molecule has 0 unspecified atom stereocenters. The number of aliphatic hydroxyl groups is 1. The van der Waals surface area contributed by atoms with Gasteiger partial charge in [0.2, 0.25) is 0 Å². The highest BCUT2D eigenvalue weighted by atomic mass is 28.4. The number of benzene rings is 1. The molecule has 5 heteroatoms. The molecule has 0 radical (unpaired) electrons. The molecule has 0 spiro atoms. The van der Waals surface area contributed by atoms with Gasteiger partial charge in [-0.25, -0.2) is 0 Å². The van der Waals surface area contributed by atoms with Crippen molar-refractivity contribution < 1.29 is 19.0 Å². The minimum absolute atomic E-state index is 0.0500. The van der Waals surface area contributed by atoms with Crippen molar-refractivity contribution in [2.75, 3.05) is 13.2 Å². The second-order valence-corrected chi connectivity index (χ2v) is 13.7. The van der Waals surface area contributed by atoms with Crippen molar-refractivity contribution in [3.05, 3.63) is 35.9 Å². The molecule has 4 nitrogen and oxygen atoms in total. The van der Waals surface area contributed by atoms with Crippen LogP contribution in [0.2, 0.25) is 18.1 Å². The highest BCUT2D eigenvalue weighted by molar-refractivity contribution is 6.74. The van der Waals surface area contributed by atoms with Crippen LogP contribution in [0.25, 0.3) is 0 Å². The first-order valence-corrected chi connectivity index (χ1v) is 12.2. The van der Waals surface area contributed by atoms with Crippen molar-refractivity contribution >= 4 is 8.32 Å². The monoisotopic (exact) mass is 364 g/mol. The van der Waals surface area contributed by atoms with Crippen molar-refractivity contribution in [3.8, 4) is 0 Å². The molecule has 1 aromatic carbocycles. The van der Waals surface area contributed by atoms with Crippen LogP contribution in [0.3, 0.4) is 0 Å². The van der Waals surface area contributed by atoms with Crippen LogP contribution in [-0.4, -0.2) is 44.4 Å². The zero-order chi connectivity index (χ0) is 18.3. The van der Waals surface area contributed by atoms with Gasteiger partial charge in [0, 0.05) is 12.3 Å². The van der Waals surface area contributed by atoms with Crippen LogP contribution in [0.15, 0.2) is 30.3 Å². The molecule has 2 fully saturated rings. The lowest BCUT2D eigenvalue weighted by Gasteiger charge is -2.41. The Morgan fingerprint density at radius 1 is 1.24 bits per heavy atom. The van der Waals surface area contributed by atoms with Gasteiger partial charge in [0.05, 0.1) is 32.0 Å². The Bertz CT molecular complexity index is 579. The number of fused-ring (bicyclic) bond motifs is 1. The zero-order valence-corrected chi connectivity index (χ0v) is 17.1. The lowest BCUT2D eigenvalue weighted by atomic mass is 9.95. The maximum Gasteiger partial charge on any atom is 0.192 e. The van der Waals surface area contributed by atoms with Crippen LogP contribution in [0.4, 0.5) is 0 Å². The topological polar surface area (TPSA) is 51.2 Å². The van der Waals surface area contributed by atoms with E-state index in [4.69, 9.17) is 13.9 Å². The quantitative estimate of drug-likeness (QED) is 0.591. The van der Waals surface area contributed by atoms with Crippen LogP contribution in [-0.2, 0) is 20.5 Å². The molecule has 25 heavy (non-hydrogen) atoms. The first-order chi connectivity index (χ1) is 11.7. The molecule has 0 aromatic heterocycles. The highest BCUT2D eigenvalue weighted by Gasteiger charge is 2.69. The molecule has 1 aliphatic carbocycles. The summed E-state index contributed by atoms with van der Waals surface area (Å²) in [5.41, 5.74) is 0.720. The van der Waals surface area contributed by atoms with Crippen LogP contribution in [0, 0.1) is 5.92 Å². The Morgan fingerprint density at radius 2 is 1.92 bits per heavy atom. The van der Waals surface area contributed by atoms with Gasteiger partial charge >= 0.3 is 0 Å². The van der Waals surface area contributed by atoms with E-state index in [1.54, 1.807) is 0 Å². The van der Waals surface area contributed by atoms with Gasteiger partial charge in [-0.2, -0.15) is 0 Å². The summed E-state index contributed by atoms with van der Waals surface area (Å²) in [6.07, 6.45) is 1.10. The normalized spacial score (nSPS) is 31.8. The van der Waals surface area contributed by atoms with Gasteiger partial charge in [-0.3, -0.25) is 0 Å². The van der Waals surface area contributed by atoms with Crippen LogP contribution < -0.4 is 0 Å². The van der Waals surface area contributed by atoms with Gasteiger partial charge in [-0.15, -0.1) is 0 Å². The van der Waals surface area contributed by atoms with E-state index >= 15 is 0 Å². The van der Waals surface area contributed by atoms with Crippen molar-refractivity contribution in [1.82, 2.24) is 0 Å². The average Bonchev–Trinajstić information content (AvgIpc) is 3.17. The fourth-order valence-corrected chi connectivity index (χ4v) is 4.93. The van der Waals surface area contributed by atoms with Gasteiger partial charge in [0.15, 0.2) is 8.32 Å². The van der Waals surface area contributed by atoms with Crippen LogP contribution in [0.5, 0.6) is 0 Å². The third-order valence-corrected chi connectivity index (χ3v) is 10.8. The van der Waals surface area contributed by atoms with Gasteiger partial charge < -0.3 is 19.0 Å². The second kappa shape index (κ2) is 6.78. The molecule has 1 N–H and O–H groups in total. The largest absolute Gasteiger partial charge is 0.413 e. The molecule has 1 saturated heterocycles. The SMILES string of the molecule is CC(C)(C)[Si](C)(C)O[C@H]1C[C@H]2O[C@@]2(CO)[C@@H]1COCc1ccccc1. The Hall–Kier alpha value is -0.723. The van der Waals surface area contributed by atoms with E-state index in [2.05, 4.69) is 46.0 Å². The van der Waals surface area contributed by atoms with Gasteiger partial charge in [0.25, 0.3) is 0 Å². The Balaban J connectivity index is 1.65. The molecule has 1 heterocycles. The average molecular weight is 365 g/mol. The van der Waals surface area contributed by atoms with E-state index in [1.807, 2.05) is 18.2 Å². The summed E-state index contributed by atoms with van der Waals surface area (Å²) in [4.78, 5) is 0. The molecule has 3 rings (SSSR count). The Labute approximate surface area is 152 Å². The van der Waals surface area contributed by atoms with E-state index in [9.17, 15) is 5.11 Å². The number of hydrogen-bond donors (Lipinski definition) is 1. The summed E-state index contributed by atoms with van der Waals surface area (Å²) >= 11 is 0. The molecule has 1 aromatic rings. The smallest absolute Gasteiger partial charge is 0.192 e. The molecule has 0 amide bonds. The number of ether oxygens (including phenoxy) is 2. The fraction of sp³-hybridized carbons (Fsp3) is 0.700. The molecule has 1 aliphatic heterocycles. The van der Waals surface area contributed by atoms with Crippen molar-refractivity contribution in [1.29, 1.82) is 0 Å². The number of epoxide rings is 1. The maximum absolute atomic E-state index is 9.90. The van der Waals surface area contributed by atoms with E-state index < -0.39 is 13.9 Å². The number of aliphatic hydroxyl groups excluding tert-OH is 1. The second-order valence-electron chi connectivity index (χ2n) is 8.98. The third-order valence-electron chi connectivity index (χ3n) is 6.28. The maximum atomic E-state index is 9.90. The van der Waals surface area contributed by atoms with Crippen LogP contribution >= 0.6 is 0 Å². The minimum Gasteiger partial charge on any atom is -0.413 e. The van der Waals surface area contributed by atoms with Crippen LogP contribution in [0.1, 0.15) is 32.8 Å². The van der Waals surface area contributed by atoms with Crippen molar-refractivity contribution in [2.45, 2.75) is 69.7 Å². The van der Waals surface area contributed by atoms with E-state index in [0.717, 1.165) is 12.0 Å². The van der Waals surface area contributed by atoms with Gasteiger partial charge in [0.1, 0.15) is 5.60 Å². The lowest BCUT2D eigenvalue weighted by Crippen LogP contribution is -2.47. The number of rotatable bonds is 7. The van der Waals surface area contributed by atoms with Gasteiger partial charge in [-0.1, -0.05) is 51.1 Å². The molecule has 2 aliphatic rings. The summed E-state index contributed by atoms with van der Waals surface area (Å²) in [7, 11) is -1.86. The zero-order valence-electron chi connectivity index (χ0n) is 16.1. The molecule has 140 valence electrons. The minimum atomic E-state index is -1.86. The molecular weight excluding hydrogens is 332 g/mol. The lowest BCUT2D eigenvalue weighted by molar-refractivity contribution is -0.0259. The first kappa shape index (κ1) is 19.0. The van der Waals surface area contributed by atoms with E-state index in [-0.39, 0.29) is 29.8 Å². The fourth-order valence-electron chi connectivity index (χ4n) is 3.56. The van der Waals surface area contributed by atoms with E-state index in [0.29, 0.717) is 13.2 Å². The number of hydrogen-bond acceptors (Lipinski definition) is 4. The highest BCUT2D eigenvalue weighted by Crippen LogP contribution is 2.55. The summed E-state index contributed by atoms with van der Waals surface area (Å²) in [5, 5.41) is 10.1. The van der Waals surface area contributed by atoms with Crippen molar-refractivity contribution in [3.63, 3.8) is 0 Å². The first-order valence-electron chi connectivity index (χ1n) is 9.28. The Morgan fingerprint density at radius 3 is 2.52 bits per heavy atom. The summed E-state index contributed by atoms with van der Waals surface area (Å²) < 4.78 is 18.5. The standard InChI is InChI=1S/C20H32O4Si/c1-19(2,3)25(4,5)24-17-11-18-20(14-21,23-18)16(17)13-22-12-15-9-7-6-8-10-15/h6-10,16-18,21H,11-14H2,1-5H3/t16-,17+,18-,20+/m1/s1. The summed E-state index contributed by atoms with van der Waals surface area (Å²) in [6.45, 7) is 12.5. The van der Waals surface area contributed by atoms with Gasteiger partial charge in [-0.05, 0) is 23.7 Å². The third kappa shape index (κ3) is 3.71. The summed E-state index contributed by atoms with van der Waals surface area (Å²) in [5.74, 6) is 0.0975. The van der Waals surface area contributed by atoms with Crippen molar-refractivity contribution in [2.24, 2.45) is 5.92 Å². The predicted molar refractivity (Wildman–Crippen MR) is 101 cm³/mol. The molecule has 4 atom stereocenters. The Kier molecular flexibility index (Phi) is 5.17. The predicted octanol–water partition coefficient (Wildman–Crippen LogP) is 3.74. The molecule has 0 bridgehead atoms. The molecular formula is C20H32O4Si.